The predicted octanol–water partition coefficient (Wildman–Crippen LogP) is 2.70. The molecule has 1 N–H and O–H groups in total. The fourth-order valence-electron chi connectivity index (χ4n) is 1.41. The Hall–Kier alpha value is -2.01. The first kappa shape index (κ1) is 11.5. The number of nitrogens with zero attached hydrogens (tertiary/aromatic N) is 1. The van der Waals surface area contributed by atoms with Crippen molar-refractivity contribution in [2.75, 3.05) is 7.11 Å². The molecule has 0 bridgehead atoms. The number of hydrogen-bond donors (Lipinski definition) is 1. The van der Waals surface area contributed by atoms with E-state index in [4.69, 9.17) is 26.0 Å². The highest BCUT2D eigenvalue weighted by Crippen LogP contribution is 2.36. The van der Waals surface area contributed by atoms with Crippen LogP contribution in [0.25, 0.3) is 11.3 Å². The van der Waals surface area contributed by atoms with Gasteiger partial charge in [-0.25, -0.2) is 4.79 Å². The van der Waals surface area contributed by atoms with E-state index in [2.05, 4.69) is 5.16 Å². The number of halogens is 1. The Morgan fingerprint density at radius 2 is 2.29 bits per heavy atom. The number of aromatic carboxylic acids is 1. The van der Waals surface area contributed by atoms with E-state index in [0.29, 0.717) is 22.1 Å². The number of hydrogen-bond acceptors (Lipinski definition) is 4. The summed E-state index contributed by atoms with van der Waals surface area (Å²) in [7, 11) is 1.47. The van der Waals surface area contributed by atoms with Crippen molar-refractivity contribution in [3.8, 4) is 17.1 Å². The molecule has 5 nitrogen and oxygen atoms in total. The topological polar surface area (TPSA) is 72.6 Å². The number of carbonyl (C=O) groups is 1. The fourth-order valence-corrected chi connectivity index (χ4v) is 1.66. The molecule has 0 spiro atoms. The third kappa shape index (κ3) is 2.09. The molecular formula is C11H8ClNO4. The Balaban J connectivity index is 2.52. The molecule has 1 aromatic heterocycles. The molecule has 0 amide bonds. The number of rotatable bonds is 3. The van der Waals surface area contributed by atoms with Gasteiger partial charge in [0.15, 0.2) is 11.5 Å². The van der Waals surface area contributed by atoms with Gasteiger partial charge in [0.2, 0.25) is 0 Å². The molecule has 2 rings (SSSR count). The monoisotopic (exact) mass is 253 g/mol. The molecule has 0 aliphatic rings. The third-order valence-electron chi connectivity index (χ3n) is 2.17. The number of methoxy groups -OCH3 is 1. The quantitative estimate of drug-likeness (QED) is 0.910. The number of ether oxygens (including phenoxy) is 1. The SMILES string of the molecule is COc1c(Cl)cccc1-c1cc(C(=O)O)no1. The van der Waals surface area contributed by atoms with Gasteiger partial charge in [-0.15, -0.1) is 0 Å². The van der Waals surface area contributed by atoms with Gasteiger partial charge in [-0.1, -0.05) is 22.8 Å². The number of carboxylic acids is 1. The summed E-state index contributed by atoms with van der Waals surface area (Å²) in [6, 6.07) is 6.40. The largest absolute Gasteiger partial charge is 0.494 e. The normalized spacial score (nSPS) is 10.2. The molecule has 0 saturated carbocycles. The van der Waals surface area contributed by atoms with E-state index >= 15 is 0 Å². The van der Waals surface area contributed by atoms with Gasteiger partial charge >= 0.3 is 5.97 Å². The Kier molecular flexibility index (Phi) is 3.01. The average molecular weight is 254 g/mol. The number of para-hydroxylation sites is 1. The summed E-state index contributed by atoms with van der Waals surface area (Å²) in [5, 5.41) is 12.6. The maximum Gasteiger partial charge on any atom is 0.358 e. The third-order valence-corrected chi connectivity index (χ3v) is 2.46. The lowest BCUT2D eigenvalue weighted by Gasteiger charge is -2.06. The minimum absolute atomic E-state index is 0.165. The van der Waals surface area contributed by atoms with Crippen molar-refractivity contribution in [1.29, 1.82) is 0 Å². The summed E-state index contributed by atoms with van der Waals surface area (Å²) >= 11 is 5.95. The molecule has 17 heavy (non-hydrogen) atoms. The van der Waals surface area contributed by atoms with Crippen LogP contribution in [-0.2, 0) is 0 Å². The Morgan fingerprint density at radius 1 is 1.53 bits per heavy atom. The van der Waals surface area contributed by atoms with E-state index < -0.39 is 5.97 Å². The standard InChI is InChI=1S/C11H8ClNO4/c1-16-10-6(3-2-4-7(10)12)9-5-8(11(14)15)13-17-9/h2-5H,1H3,(H,14,15). The summed E-state index contributed by atoms with van der Waals surface area (Å²) in [5.41, 5.74) is 0.391. The molecule has 0 atom stereocenters. The molecular weight excluding hydrogens is 246 g/mol. The molecule has 0 fully saturated rings. The fraction of sp³-hybridized carbons (Fsp3) is 0.0909. The Morgan fingerprint density at radius 3 is 2.88 bits per heavy atom. The molecule has 0 aliphatic heterocycles. The first-order chi connectivity index (χ1) is 8.13. The summed E-state index contributed by atoms with van der Waals surface area (Å²) in [6.45, 7) is 0. The van der Waals surface area contributed by atoms with E-state index in [0.717, 1.165) is 0 Å². The maximum atomic E-state index is 10.7. The second-order valence-corrected chi connectivity index (χ2v) is 3.61. The highest BCUT2D eigenvalue weighted by Gasteiger charge is 2.16. The lowest BCUT2D eigenvalue weighted by molar-refractivity contribution is 0.0686. The first-order valence-corrected chi connectivity index (χ1v) is 5.04. The zero-order chi connectivity index (χ0) is 12.4. The van der Waals surface area contributed by atoms with Gasteiger partial charge in [-0.05, 0) is 12.1 Å². The van der Waals surface area contributed by atoms with Crippen molar-refractivity contribution in [2.45, 2.75) is 0 Å². The van der Waals surface area contributed by atoms with E-state index in [1.165, 1.54) is 13.2 Å². The smallest absolute Gasteiger partial charge is 0.358 e. The van der Waals surface area contributed by atoms with Crippen molar-refractivity contribution >= 4 is 17.6 Å². The van der Waals surface area contributed by atoms with Crippen molar-refractivity contribution in [2.24, 2.45) is 0 Å². The van der Waals surface area contributed by atoms with Gasteiger partial charge < -0.3 is 14.4 Å². The Bertz CT molecular complexity index is 564. The van der Waals surface area contributed by atoms with Gasteiger partial charge in [-0.3, -0.25) is 0 Å². The Labute approximate surface area is 102 Å². The highest BCUT2D eigenvalue weighted by molar-refractivity contribution is 6.32. The lowest BCUT2D eigenvalue weighted by Crippen LogP contribution is -1.94. The number of carboxylic acid groups (broad SMARTS) is 1. The first-order valence-electron chi connectivity index (χ1n) is 4.66. The van der Waals surface area contributed by atoms with Crippen molar-refractivity contribution < 1.29 is 19.2 Å². The molecule has 0 saturated heterocycles. The summed E-state index contributed by atoms with van der Waals surface area (Å²) in [6.07, 6.45) is 0. The van der Waals surface area contributed by atoms with E-state index in [9.17, 15) is 4.79 Å². The minimum atomic E-state index is -1.15. The van der Waals surface area contributed by atoms with Crippen LogP contribution in [0.3, 0.4) is 0 Å². The van der Waals surface area contributed by atoms with Crippen LogP contribution in [0.4, 0.5) is 0 Å². The summed E-state index contributed by atoms with van der Waals surface area (Å²) < 4.78 is 10.1. The maximum absolute atomic E-state index is 10.7. The van der Waals surface area contributed by atoms with Gasteiger partial charge in [-0.2, -0.15) is 0 Å². The molecule has 88 valence electrons. The molecule has 0 aliphatic carbocycles. The van der Waals surface area contributed by atoms with Gasteiger partial charge in [0, 0.05) is 6.07 Å². The predicted molar refractivity (Wildman–Crippen MR) is 60.5 cm³/mol. The van der Waals surface area contributed by atoms with Crippen molar-refractivity contribution in [3.05, 3.63) is 35.0 Å². The number of benzene rings is 1. The van der Waals surface area contributed by atoms with Crippen LogP contribution in [0, 0.1) is 0 Å². The summed E-state index contributed by atoms with van der Waals surface area (Å²) in [4.78, 5) is 10.7. The molecule has 1 heterocycles. The van der Waals surface area contributed by atoms with E-state index in [-0.39, 0.29) is 5.69 Å². The summed E-state index contributed by atoms with van der Waals surface area (Å²) in [5.74, 6) is -0.440. The van der Waals surface area contributed by atoms with Crippen LogP contribution in [0.2, 0.25) is 5.02 Å². The van der Waals surface area contributed by atoms with Crippen LogP contribution in [0.5, 0.6) is 5.75 Å². The van der Waals surface area contributed by atoms with Gasteiger partial charge in [0.1, 0.15) is 5.75 Å². The molecule has 6 heteroatoms. The van der Waals surface area contributed by atoms with Crippen LogP contribution < -0.4 is 4.74 Å². The average Bonchev–Trinajstić information content (AvgIpc) is 2.77. The van der Waals surface area contributed by atoms with Crippen LogP contribution >= 0.6 is 11.6 Å². The van der Waals surface area contributed by atoms with Crippen molar-refractivity contribution in [1.82, 2.24) is 5.16 Å². The lowest BCUT2D eigenvalue weighted by atomic mass is 10.1. The molecule has 0 unspecified atom stereocenters. The van der Waals surface area contributed by atoms with Gasteiger partial charge in [0.25, 0.3) is 0 Å². The molecule has 1 aromatic carbocycles. The second-order valence-electron chi connectivity index (χ2n) is 3.20. The minimum Gasteiger partial charge on any atom is -0.494 e. The zero-order valence-electron chi connectivity index (χ0n) is 8.81. The zero-order valence-corrected chi connectivity index (χ0v) is 9.56. The van der Waals surface area contributed by atoms with E-state index in [1.807, 2.05) is 0 Å². The van der Waals surface area contributed by atoms with Gasteiger partial charge in [0.05, 0.1) is 17.7 Å². The van der Waals surface area contributed by atoms with Crippen LogP contribution in [-0.4, -0.2) is 23.3 Å². The number of aromatic nitrogens is 1. The molecule has 2 aromatic rings. The highest BCUT2D eigenvalue weighted by atomic mass is 35.5. The van der Waals surface area contributed by atoms with Crippen LogP contribution in [0.1, 0.15) is 10.5 Å². The molecule has 0 radical (unpaired) electrons. The van der Waals surface area contributed by atoms with Crippen molar-refractivity contribution in [3.63, 3.8) is 0 Å². The second kappa shape index (κ2) is 4.47. The van der Waals surface area contributed by atoms with E-state index in [1.54, 1.807) is 18.2 Å². The van der Waals surface area contributed by atoms with Crippen LogP contribution in [0.15, 0.2) is 28.8 Å².